The van der Waals surface area contributed by atoms with E-state index in [1.165, 1.54) is 24.3 Å². The van der Waals surface area contributed by atoms with Crippen molar-refractivity contribution >= 4 is 26.7 Å². The largest absolute Gasteiger partial charge is 0.497 e. The second-order valence-electron chi connectivity index (χ2n) is 7.15. The van der Waals surface area contributed by atoms with Crippen molar-refractivity contribution in [3.63, 3.8) is 0 Å². The molecular weight excluding hydrogens is 388 g/mol. The van der Waals surface area contributed by atoms with Gasteiger partial charge in [0.15, 0.2) is 0 Å². The molecule has 0 aromatic heterocycles. The molecule has 0 unspecified atom stereocenters. The van der Waals surface area contributed by atoms with Gasteiger partial charge in [0.2, 0.25) is 10.0 Å². The second kappa shape index (κ2) is 7.85. The van der Waals surface area contributed by atoms with Crippen molar-refractivity contribution in [2.45, 2.75) is 30.3 Å². The molecule has 0 saturated heterocycles. The van der Waals surface area contributed by atoms with E-state index in [9.17, 15) is 13.2 Å². The number of fused-ring (bicyclic) bond motifs is 1. The molecule has 0 heterocycles. The fourth-order valence-electron chi connectivity index (χ4n) is 3.07. The first-order valence-electron chi connectivity index (χ1n) is 9.42. The summed E-state index contributed by atoms with van der Waals surface area (Å²) >= 11 is 0. The average molecular weight is 410 g/mol. The zero-order chi connectivity index (χ0) is 20.4. The normalized spacial score (nSPS) is 14.0. The van der Waals surface area contributed by atoms with E-state index in [2.05, 4.69) is 10.0 Å². The Hall–Kier alpha value is -2.90. The highest BCUT2D eigenvalue weighted by Gasteiger charge is 2.27. The van der Waals surface area contributed by atoms with Gasteiger partial charge in [-0.05, 0) is 71.6 Å². The summed E-state index contributed by atoms with van der Waals surface area (Å²) in [6.07, 6.45) is 1.75. The SMILES string of the molecule is COc1ccc2cc(CNC(=O)c3ccc(S(=O)(=O)NC4CC4)cc3)ccc2c1. The zero-order valence-electron chi connectivity index (χ0n) is 16.0. The number of rotatable bonds is 7. The van der Waals surface area contributed by atoms with Crippen LogP contribution >= 0.6 is 0 Å². The molecule has 0 bridgehead atoms. The number of hydrogen-bond donors (Lipinski definition) is 2. The van der Waals surface area contributed by atoms with Crippen LogP contribution in [0.15, 0.2) is 65.6 Å². The van der Waals surface area contributed by atoms with E-state index < -0.39 is 10.0 Å². The van der Waals surface area contributed by atoms with Crippen LogP contribution < -0.4 is 14.8 Å². The summed E-state index contributed by atoms with van der Waals surface area (Å²) in [6, 6.07) is 17.9. The maximum Gasteiger partial charge on any atom is 0.251 e. The molecular formula is C22H22N2O4S. The number of methoxy groups -OCH3 is 1. The number of benzene rings is 3. The molecule has 4 rings (SSSR count). The molecule has 3 aromatic carbocycles. The van der Waals surface area contributed by atoms with Gasteiger partial charge < -0.3 is 10.1 Å². The van der Waals surface area contributed by atoms with Gasteiger partial charge in [0, 0.05) is 18.2 Å². The predicted octanol–water partition coefficient (Wildman–Crippen LogP) is 3.22. The molecule has 1 amide bonds. The number of nitrogens with one attached hydrogen (secondary N) is 2. The molecule has 29 heavy (non-hydrogen) atoms. The van der Waals surface area contributed by atoms with E-state index in [4.69, 9.17) is 4.74 Å². The first-order valence-corrected chi connectivity index (χ1v) is 10.9. The monoisotopic (exact) mass is 410 g/mol. The summed E-state index contributed by atoms with van der Waals surface area (Å²) in [7, 11) is -1.88. The highest BCUT2D eigenvalue weighted by atomic mass is 32.2. The van der Waals surface area contributed by atoms with Gasteiger partial charge in [-0.3, -0.25) is 4.79 Å². The van der Waals surface area contributed by atoms with Gasteiger partial charge in [-0.25, -0.2) is 13.1 Å². The van der Waals surface area contributed by atoms with Crippen molar-refractivity contribution in [2.75, 3.05) is 7.11 Å². The van der Waals surface area contributed by atoms with Gasteiger partial charge in [0.1, 0.15) is 5.75 Å². The first kappa shape index (κ1) is 19.4. The summed E-state index contributed by atoms with van der Waals surface area (Å²) in [5.74, 6) is 0.551. The van der Waals surface area contributed by atoms with Crippen LogP contribution in [0.25, 0.3) is 10.8 Å². The Balaban J connectivity index is 1.41. The lowest BCUT2D eigenvalue weighted by atomic mass is 10.1. The molecule has 6 nitrogen and oxygen atoms in total. The molecule has 1 saturated carbocycles. The average Bonchev–Trinajstić information content (AvgIpc) is 3.54. The zero-order valence-corrected chi connectivity index (χ0v) is 16.8. The molecule has 0 spiro atoms. The van der Waals surface area contributed by atoms with Crippen LogP contribution in [0.1, 0.15) is 28.8 Å². The van der Waals surface area contributed by atoms with Crippen LogP contribution in [-0.4, -0.2) is 27.5 Å². The molecule has 150 valence electrons. The van der Waals surface area contributed by atoms with E-state index in [0.717, 1.165) is 34.9 Å². The summed E-state index contributed by atoms with van der Waals surface area (Å²) in [4.78, 5) is 12.6. The Morgan fingerprint density at radius 3 is 2.38 bits per heavy atom. The van der Waals surface area contributed by atoms with E-state index in [0.29, 0.717) is 12.1 Å². The minimum Gasteiger partial charge on any atom is -0.497 e. The molecule has 0 atom stereocenters. The lowest BCUT2D eigenvalue weighted by Gasteiger charge is -2.09. The Morgan fingerprint density at radius 1 is 1.00 bits per heavy atom. The van der Waals surface area contributed by atoms with Crippen LogP contribution in [0, 0.1) is 0 Å². The number of amides is 1. The summed E-state index contributed by atoms with van der Waals surface area (Å²) in [5.41, 5.74) is 1.39. The van der Waals surface area contributed by atoms with E-state index in [1.54, 1.807) is 7.11 Å². The molecule has 0 radical (unpaired) electrons. The number of ether oxygens (including phenoxy) is 1. The Kier molecular flexibility index (Phi) is 5.25. The summed E-state index contributed by atoms with van der Waals surface area (Å²) in [5, 5.41) is 5.01. The van der Waals surface area contributed by atoms with E-state index >= 15 is 0 Å². The third kappa shape index (κ3) is 4.58. The van der Waals surface area contributed by atoms with Gasteiger partial charge in [0.25, 0.3) is 5.91 Å². The predicted molar refractivity (Wildman–Crippen MR) is 111 cm³/mol. The lowest BCUT2D eigenvalue weighted by molar-refractivity contribution is 0.0951. The Bertz CT molecular complexity index is 1150. The maximum absolute atomic E-state index is 12.4. The van der Waals surface area contributed by atoms with Crippen molar-refractivity contribution in [3.05, 3.63) is 71.8 Å². The van der Waals surface area contributed by atoms with Gasteiger partial charge >= 0.3 is 0 Å². The van der Waals surface area contributed by atoms with Crippen molar-refractivity contribution in [3.8, 4) is 5.75 Å². The van der Waals surface area contributed by atoms with Gasteiger partial charge in [0.05, 0.1) is 12.0 Å². The standard InChI is InChI=1S/C22H22N2O4S/c1-28-20-9-4-17-12-15(2-3-18(17)13-20)14-23-22(25)16-5-10-21(11-6-16)29(26,27)24-19-7-8-19/h2-6,9-13,19,24H,7-8,14H2,1H3,(H,23,25). The van der Waals surface area contributed by atoms with Crippen molar-refractivity contribution in [2.24, 2.45) is 0 Å². The first-order chi connectivity index (χ1) is 13.9. The number of carbonyl (C=O) groups is 1. The molecule has 1 aliphatic carbocycles. The van der Waals surface area contributed by atoms with Crippen molar-refractivity contribution < 1.29 is 17.9 Å². The third-order valence-corrected chi connectivity index (χ3v) is 6.43. The lowest BCUT2D eigenvalue weighted by Crippen LogP contribution is -2.26. The highest BCUT2D eigenvalue weighted by molar-refractivity contribution is 7.89. The fraction of sp³-hybridized carbons (Fsp3) is 0.227. The number of hydrogen-bond acceptors (Lipinski definition) is 4. The van der Waals surface area contributed by atoms with Crippen molar-refractivity contribution in [1.82, 2.24) is 10.0 Å². The van der Waals surface area contributed by atoms with Crippen LogP contribution in [0.5, 0.6) is 5.75 Å². The van der Waals surface area contributed by atoms with Crippen LogP contribution in [0.4, 0.5) is 0 Å². The Labute approximate surface area is 169 Å². The van der Waals surface area contributed by atoms with E-state index in [-0.39, 0.29) is 16.8 Å². The van der Waals surface area contributed by atoms with Gasteiger partial charge in [-0.2, -0.15) is 0 Å². The Morgan fingerprint density at radius 2 is 1.69 bits per heavy atom. The van der Waals surface area contributed by atoms with Gasteiger partial charge in [-0.1, -0.05) is 18.2 Å². The fourth-order valence-corrected chi connectivity index (χ4v) is 4.37. The summed E-state index contributed by atoms with van der Waals surface area (Å²) < 4.78 is 32.3. The number of carbonyl (C=O) groups excluding carboxylic acids is 1. The van der Waals surface area contributed by atoms with Crippen LogP contribution in [0.2, 0.25) is 0 Å². The molecule has 1 aliphatic rings. The molecule has 0 aliphatic heterocycles. The third-order valence-electron chi connectivity index (χ3n) is 4.89. The molecule has 7 heteroatoms. The molecule has 2 N–H and O–H groups in total. The second-order valence-corrected chi connectivity index (χ2v) is 8.86. The smallest absolute Gasteiger partial charge is 0.251 e. The molecule has 3 aromatic rings. The maximum atomic E-state index is 12.4. The summed E-state index contributed by atoms with van der Waals surface area (Å²) in [6.45, 7) is 0.379. The molecule has 1 fully saturated rings. The topological polar surface area (TPSA) is 84.5 Å². The van der Waals surface area contributed by atoms with Crippen LogP contribution in [0.3, 0.4) is 0 Å². The quantitative estimate of drug-likeness (QED) is 0.626. The van der Waals surface area contributed by atoms with E-state index in [1.807, 2.05) is 36.4 Å². The minimum atomic E-state index is -3.51. The highest BCUT2D eigenvalue weighted by Crippen LogP contribution is 2.23. The number of sulfonamides is 1. The van der Waals surface area contributed by atoms with Gasteiger partial charge in [-0.15, -0.1) is 0 Å². The minimum absolute atomic E-state index is 0.0472. The van der Waals surface area contributed by atoms with Crippen LogP contribution in [-0.2, 0) is 16.6 Å². The van der Waals surface area contributed by atoms with Crippen molar-refractivity contribution in [1.29, 1.82) is 0 Å².